The fourth-order valence-electron chi connectivity index (χ4n) is 3.15. The summed E-state index contributed by atoms with van der Waals surface area (Å²) in [5.41, 5.74) is 2.77. The average Bonchev–Trinajstić information content (AvgIpc) is 3.22. The van der Waals surface area contributed by atoms with Crippen LogP contribution in [0.15, 0.2) is 48.8 Å². The van der Waals surface area contributed by atoms with Crippen molar-refractivity contribution >= 4 is 22.8 Å². The van der Waals surface area contributed by atoms with Crippen molar-refractivity contribution < 1.29 is 4.79 Å². The molecule has 0 bridgehead atoms. The van der Waals surface area contributed by atoms with E-state index < -0.39 is 0 Å². The highest BCUT2D eigenvalue weighted by molar-refractivity contribution is 5.91. The van der Waals surface area contributed by atoms with Gasteiger partial charge in [0.15, 0.2) is 5.65 Å². The highest BCUT2D eigenvalue weighted by atomic mass is 16.2. The molecular formula is C19H21N5O. The second-order valence-corrected chi connectivity index (χ2v) is 6.78. The molecule has 1 aliphatic rings. The maximum atomic E-state index is 12.2. The van der Waals surface area contributed by atoms with E-state index in [4.69, 9.17) is 0 Å². The van der Waals surface area contributed by atoms with Gasteiger partial charge in [0, 0.05) is 23.4 Å². The molecule has 3 aromatic rings. The molecule has 0 spiro atoms. The lowest BCUT2D eigenvalue weighted by Crippen LogP contribution is -2.31. The van der Waals surface area contributed by atoms with Gasteiger partial charge in [-0.25, -0.2) is 14.5 Å². The van der Waals surface area contributed by atoms with Crippen molar-refractivity contribution in [3.63, 3.8) is 0 Å². The van der Waals surface area contributed by atoms with Gasteiger partial charge in [0.25, 0.3) is 0 Å². The Kier molecular flexibility index (Phi) is 3.87. The zero-order valence-electron chi connectivity index (χ0n) is 14.3. The second-order valence-electron chi connectivity index (χ2n) is 6.78. The normalized spacial score (nSPS) is 19.2. The number of amides is 2. The molecule has 128 valence electrons. The van der Waals surface area contributed by atoms with Crippen LogP contribution in [0, 0.1) is 0 Å². The second kappa shape index (κ2) is 6.20. The summed E-state index contributed by atoms with van der Waals surface area (Å²) in [6.45, 7) is 4.12. The molecule has 1 aliphatic carbocycles. The summed E-state index contributed by atoms with van der Waals surface area (Å²) < 4.78 is 1.87. The topological polar surface area (TPSA) is 71.8 Å². The number of nitrogens with zero attached hydrogens (tertiary/aromatic N) is 3. The summed E-state index contributed by atoms with van der Waals surface area (Å²) in [5, 5.41) is 11.1. The third kappa shape index (κ3) is 3.20. The highest BCUT2D eigenvalue weighted by Gasteiger charge is 2.39. The molecule has 0 aliphatic heterocycles. The summed E-state index contributed by atoms with van der Waals surface area (Å²) >= 11 is 0. The summed E-state index contributed by atoms with van der Waals surface area (Å²) in [7, 11) is 0. The van der Waals surface area contributed by atoms with Gasteiger partial charge in [-0.05, 0) is 31.9 Å². The molecule has 2 N–H and O–H groups in total. The Hall–Kier alpha value is -2.89. The number of urea groups is 1. The number of benzene rings is 1. The maximum absolute atomic E-state index is 12.2. The fraction of sp³-hybridized carbons (Fsp3) is 0.316. The molecule has 2 heterocycles. The smallest absolute Gasteiger partial charge is 0.319 e. The van der Waals surface area contributed by atoms with Crippen LogP contribution in [0.2, 0.25) is 0 Å². The Balaban J connectivity index is 1.39. The number of hydrogen-bond donors (Lipinski definition) is 2. The summed E-state index contributed by atoms with van der Waals surface area (Å²) in [4.78, 5) is 16.6. The first-order valence-corrected chi connectivity index (χ1v) is 8.57. The fourth-order valence-corrected chi connectivity index (χ4v) is 3.15. The van der Waals surface area contributed by atoms with Crippen LogP contribution in [0.1, 0.15) is 37.8 Å². The zero-order valence-corrected chi connectivity index (χ0v) is 14.3. The lowest BCUT2D eigenvalue weighted by Gasteiger charge is -2.09. The monoisotopic (exact) mass is 335 g/mol. The van der Waals surface area contributed by atoms with Crippen LogP contribution in [-0.4, -0.2) is 26.8 Å². The van der Waals surface area contributed by atoms with Crippen molar-refractivity contribution in [2.45, 2.75) is 38.3 Å². The van der Waals surface area contributed by atoms with Gasteiger partial charge in [-0.3, -0.25) is 0 Å². The molecule has 6 nitrogen and oxygen atoms in total. The van der Waals surface area contributed by atoms with E-state index >= 15 is 0 Å². The minimum absolute atomic E-state index is 0.194. The van der Waals surface area contributed by atoms with E-state index in [2.05, 4.69) is 46.7 Å². The maximum Gasteiger partial charge on any atom is 0.319 e. The first kappa shape index (κ1) is 15.6. The van der Waals surface area contributed by atoms with Gasteiger partial charge in [0.05, 0.1) is 18.1 Å². The largest absolute Gasteiger partial charge is 0.334 e. The average molecular weight is 335 g/mol. The Bertz CT molecular complexity index is 903. The highest BCUT2D eigenvalue weighted by Crippen LogP contribution is 2.40. The first-order valence-electron chi connectivity index (χ1n) is 8.57. The quantitative estimate of drug-likeness (QED) is 0.764. The minimum Gasteiger partial charge on any atom is -0.334 e. The van der Waals surface area contributed by atoms with E-state index in [1.54, 1.807) is 12.4 Å². The SMILES string of the molecule is CC(C)n1ncc2cc(NC(=O)N[C@H]3C[C@@H]3c3ccccc3)cnc21. The number of fused-ring (bicyclic) bond motifs is 1. The lowest BCUT2D eigenvalue weighted by atomic mass is 10.1. The van der Waals surface area contributed by atoms with Crippen LogP contribution in [0.4, 0.5) is 10.5 Å². The molecule has 25 heavy (non-hydrogen) atoms. The van der Waals surface area contributed by atoms with Crippen molar-refractivity contribution in [1.29, 1.82) is 0 Å². The van der Waals surface area contributed by atoms with Crippen molar-refractivity contribution in [3.05, 3.63) is 54.4 Å². The predicted molar refractivity (Wildman–Crippen MR) is 97.7 cm³/mol. The molecule has 4 rings (SSSR count). The summed E-state index contributed by atoms with van der Waals surface area (Å²) in [5.74, 6) is 0.414. The lowest BCUT2D eigenvalue weighted by molar-refractivity contribution is 0.251. The number of rotatable bonds is 4. The van der Waals surface area contributed by atoms with Gasteiger partial charge in [0.2, 0.25) is 0 Å². The molecule has 1 fully saturated rings. The van der Waals surface area contributed by atoms with Gasteiger partial charge in [-0.15, -0.1) is 0 Å². The van der Waals surface area contributed by atoms with Crippen LogP contribution in [0.5, 0.6) is 0 Å². The molecule has 0 unspecified atom stereocenters. The zero-order chi connectivity index (χ0) is 17.4. The third-order valence-corrected chi connectivity index (χ3v) is 4.52. The number of hydrogen-bond acceptors (Lipinski definition) is 3. The Morgan fingerprint density at radius 1 is 1.24 bits per heavy atom. The van der Waals surface area contributed by atoms with Crippen molar-refractivity contribution in [2.24, 2.45) is 0 Å². The number of nitrogens with one attached hydrogen (secondary N) is 2. The summed E-state index contributed by atoms with van der Waals surface area (Å²) in [6, 6.07) is 12.4. The van der Waals surface area contributed by atoms with E-state index in [-0.39, 0.29) is 18.1 Å². The van der Waals surface area contributed by atoms with E-state index in [0.29, 0.717) is 11.6 Å². The van der Waals surface area contributed by atoms with E-state index in [0.717, 1.165) is 17.5 Å². The molecule has 0 saturated heterocycles. The Morgan fingerprint density at radius 3 is 2.80 bits per heavy atom. The van der Waals surface area contributed by atoms with Crippen molar-refractivity contribution in [2.75, 3.05) is 5.32 Å². The number of pyridine rings is 1. The molecule has 1 aromatic carbocycles. The van der Waals surface area contributed by atoms with Gasteiger partial charge >= 0.3 is 6.03 Å². The molecule has 0 radical (unpaired) electrons. The van der Waals surface area contributed by atoms with Gasteiger partial charge in [0.1, 0.15) is 0 Å². The van der Waals surface area contributed by atoms with Crippen molar-refractivity contribution in [1.82, 2.24) is 20.1 Å². The molecule has 2 aromatic heterocycles. The molecule has 2 atom stereocenters. The predicted octanol–water partition coefficient (Wildman–Crippen LogP) is 3.69. The molecular weight excluding hydrogens is 314 g/mol. The van der Waals surface area contributed by atoms with Gasteiger partial charge in [-0.2, -0.15) is 5.10 Å². The summed E-state index contributed by atoms with van der Waals surface area (Å²) in [6.07, 6.45) is 4.43. The van der Waals surface area contributed by atoms with Gasteiger partial charge in [-0.1, -0.05) is 30.3 Å². The number of carbonyl (C=O) groups excluding carboxylic acids is 1. The Labute approximate surface area is 146 Å². The molecule has 6 heteroatoms. The number of anilines is 1. The van der Waals surface area contributed by atoms with Gasteiger partial charge < -0.3 is 10.6 Å². The third-order valence-electron chi connectivity index (χ3n) is 4.52. The van der Waals surface area contributed by atoms with Crippen LogP contribution >= 0.6 is 0 Å². The van der Waals surface area contributed by atoms with Crippen LogP contribution in [0.3, 0.4) is 0 Å². The molecule has 2 amide bonds. The standard InChI is InChI=1S/C19H21N5O/c1-12(2)24-18-14(10-21-24)8-15(11-20-18)22-19(25)23-17-9-16(17)13-6-4-3-5-7-13/h3-8,10-12,16-17H,9H2,1-2H3,(H2,22,23,25)/t16-,17+/m1/s1. The van der Waals surface area contributed by atoms with Crippen LogP contribution in [-0.2, 0) is 0 Å². The van der Waals surface area contributed by atoms with E-state index in [1.165, 1.54) is 5.56 Å². The van der Waals surface area contributed by atoms with E-state index in [9.17, 15) is 4.79 Å². The number of aromatic nitrogens is 3. The van der Waals surface area contributed by atoms with E-state index in [1.807, 2.05) is 28.9 Å². The molecule has 1 saturated carbocycles. The van der Waals surface area contributed by atoms with Crippen LogP contribution < -0.4 is 10.6 Å². The minimum atomic E-state index is -0.194. The number of carbonyl (C=O) groups is 1. The van der Waals surface area contributed by atoms with Crippen LogP contribution in [0.25, 0.3) is 11.0 Å². The first-order chi connectivity index (χ1) is 12.1. The Morgan fingerprint density at radius 2 is 2.04 bits per heavy atom. The van der Waals surface area contributed by atoms with Crippen molar-refractivity contribution in [3.8, 4) is 0 Å².